The fourth-order valence-electron chi connectivity index (χ4n) is 3.04. The molecule has 0 aromatic rings. The molecule has 1 heterocycles. The summed E-state index contributed by atoms with van der Waals surface area (Å²) in [6.45, 7) is 5.71. The van der Waals surface area contributed by atoms with Crippen molar-refractivity contribution >= 4 is 17.7 Å². The number of likely N-dealkylation sites (tertiary alicyclic amines) is 1. The number of nitrogens with zero attached hydrogens (tertiary/aromatic N) is 1. The number of imide groups is 1. The maximum absolute atomic E-state index is 12.2. The summed E-state index contributed by atoms with van der Waals surface area (Å²) in [5.41, 5.74) is -0.310. The van der Waals surface area contributed by atoms with Gasteiger partial charge in [-0.1, -0.05) is 19.8 Å². The Morgan fingerprint density at radius 1 is 1.20 bits per heavy atom. The summed E-state index contributed by atoms with van der Waals surface area (Å²) in [6, 6.07) is 0. The van der Waals surface area contributed by atoms with E-state index in [1.165, 1.54) is 4.90 Å². The molecule has 1 saturated heterocycles. The predicted octanol–water partition coefficient (Wildman–Crippen LogP) is 1.47. The summed E-state index contributed by atoms with van der Waals surface area (Å²) in [6.07, 6.45) is 4.37. The average Bonchev–Trinajstić information content (AvgIpc) is 2.64. The van der Waals surface area contributed by atoms with Crippen molar-refractivity contribution in [1.82, 2.24) is 10.2 Å². The van der Waals surface area contributed by atoms with Gasteiger partial charge >= 0.3 is 0 Å². The molecule has 0 aromatic carbocycles. The lowest BCUT2D eigenvalue weighted by atomic mass is 9.81. The molecule has 2 atom stereocenters. The molecule has 3 amide bonds. The lowest BCUT2D eigenvalue weighted by Gasteiger charge is -2.25. The largest absolute Gasteiger partial charge is 0.350 e. The molecule has 2 aliphatic rings. The molecule has 5 nitrogen and oxygen atoms in total. The van der Waals surface area contributed by atoms with E-state index < -0.39 is 0 Å². The highest BCUT2D eigenvalue weighted by Crippen LogP contribution is 2.37. The predicted molar refractivity (Wildman–Crippen MR) is 74.7 cm³/mol. The van der Waals surface area contributed by atoms with Crippen LogP contribution in [0.15, 0.2) is 0 Å². The molecule has 1 aliphatic heterocycles. The monoisotopic (exact) mass is 280 g/mol. The molecule has 2 rings (SSSR count). The summed E-state index contributed by atoms with van der Waals surface area (Å²) >= 11 is 0. The smallest absolute Gasteiger partial charge is 0.240 e. The van der Waals surface area contributed by atoms with E-state index in [0.717, 1.165) is 32.1 Å². The highest BCUT2D eigenvalue weighted by molar-refractivity contribution is 6.07. The van der Waals surface area contributed by atoms with E-state index in [-0.39, 0.29) is 41.6 Å². The maximum atomic E-state index is 12.2. The molecule has 5 heteroatoms. The van der Waals surface area contributed by atoms with E-state index in [1.807, 2.05) is 20.8 Å². The normalized spacial score (nSPS) is 26.6. The van der Waals surface area contributed by atoms with Gasteiger partial charge < -0.3 is 5.32 Å². The zero-order valence-corrected chi connectivity index (χ0v) is 12.6. The second-order valence-corrected chi connectivity index (χ2v) is 6.55. The van der Waals surface area contributed by atoms with E-state index in [9.17, 15) is 14.4 Å². The Hall–Kier alpha value is -1.39. The number of amides is 3. The van der Waals surface area contributed by atoms with Crippen LogP contribution >= 0.6 is 0 Å². The number of nitrogens with one attached hydrogen (secondary N) is 1. The highest BCUT2D eigenvalue weighted by atomic mass is 16.2. The fourth-order valence-corrected chi connectivity index (χ4v) is 3.04. The third kappa shape index (κ3) is 2.86. The molecule has 1 saturated carbocycles. The molecule has 2 fully saturated rings. The first-order chi connectivity index (χ1) is 9.35. The van der Waals surface area contributed by atoms with Gasteiger partial charge in [0.05, 0.1) is 11.8 Å². The molecule has 0 unspecified atom stereocenters. The topological polar surface area (TPSA) is 66.5 Å². The Balaban J connectivity index is 2.01. The van der Waals surface area contributed by atoms with Crippen molar-refractivity contribution in [1.29, 1.82) is 0 Å². The summed E-state index contributed by atoms with van der Waals surface area (Å²) < 4.78 is 0. The van der Waals surface area contributed by atoms with E-state index in [1.54, 1.807) is 0 Å². The number of hydrogen-bond acceptors (Lipinski definition) is 3. The molecule has 0 spiro atoms. The second-order valence-electron chi connectivity index (χ2n) is 6.55. The molecule has 112 valence electrons. The van der Waals surface area contributed by atoms with Gasteiger partial charge in [0.1, 0.15) is 6.54 Å². The Labute approximate surface area is 120 Å². The van der Waals surface area contributed by atoms with E-state index in [0.29, 0.717) is 0 Å². The van der Waals surface area contributed by atoms with E-state index >= 15 is 0 Å². The quantitative estimate of drug-likeness (QED) is 0.793. The zero-order valence-electron chi connectivity index (χ0n) is 12.6. The van der Waals surface area contributed by atoms with Crippen LogP contribution in [0.4, 0.5) is 0 Å². The van der Waals surface area contributed by atoms with Crippen molar-refractivity contribution in [2.75, 3.05) is 6.54 Å². The first-order valence-corrected chi connectivity index (χ1v) is 7.52. The molecular weight excluding hydrogens is 256 g/mol. The number of carbonyl (C=O) groups is 3. The Morgan fingerprint density at radius 3 is 2.15 bits per heavy atom. The van der Waals surface area contributed by atoms with Crippen LogP contribution in [-0.2, 0) is 14.4 Å². The van der Waals surface area contributed by atoms with Crippen LogP contribution < -0.4 is 5.32 Å². The fraction of sp³-hybridized carbons (Fsp3) is 0.800. The van der Waals surface area contributed by atoms with Gasteiger partial charge in [-0.2, -0.15) is 0 Å². The lowest BCUT2D eigenvalue weighted by Crippen LogP contribution is -2.48. The van der Waals surface area contributed by atoms with Gasteiger partial charge in [-0.15, -0.1) is 0 Å². The number of hydrogen-bond donors (Lipinski definition) is 1. The van der Waals surface area contributed by atoms with Crippen molar-refractivity contribution in [2.45, 2.75) is 58.4 Å². The van der Waals surface area contributed by atoms with Gasteiger partial charge in [-0.05, 0) is 33.1 Å². The minimum Gasteiger partial charge on any atom is -0.350 e. The van der Waals surface area contributed by atoms with Gasteiger partial charge in [0.25, 0.3) is 0 Å². The van der Waals surface area contributed by atoms with Crippen LogP contribution in [0.1, 0.15) is 52.9 Å². The first-order valence-electron chi connectivity index (χ1n) is 7.52. The number of fused-ring (bicyclic) bond motifs is 1. The highest BCUT2D eigenvalue weighted by Gasteiger charge is 2.48. The molecule has 1 aliphatic carbocycles. The Bertz CT molecular complexity index is 407. The summed E-state index contributed by atoms with van der Waals surface area (Å²) in [5.74, 6) is -0.906. The van der Waals surface area contributed by atoms with Crippen LogP contribution in [0.2, 0.25) is 0 Å². The number of carbonyl (C=O) groups excluding carboxylic acids is 3. The second kappa shape index (κ2) is 5.54. The van der Waals surface area contributed by atoms with Crippen molar-refractivity contribution in [3.63, 3.8) is 0 Å². The van der Waals surface area contributed by atoms with Crippen molar-refractivity contribution < 1.29 is 14.4 Å². The summed E-state index contributed by atoms with van der Waals surface area (Å²) in [5, 5.41) is 2.87. The SMILES string of the molecule is CCC(C)(C)NC(=O)CN1C(=O)[C@H]2CCCC[C@H]2C1=O. The first kappa shape index (κ1) is 15.0. The minimum atomic E-state index is -0.310. The van der Waals surface area contributed by atoms with Crippen LogP contribution in [-0.4, -0.2) is 34.7 Å². The average molecular weight is 280 g/mol. The summed E-state index contributed by atoms with van der Waals surface area (Å²) in [7, 11) is 0. The van der Waals surface area contributed by atoms with Crippen molar-refractivity contribution in [2.24, 2.45) is 11.8 Å². The zero-order chi connectivity index (χ0) is 14.9. The van der Waals surface area contributed by atoms with Crippen LogP contribution in [0.25, 0.3) is 0 Å². The van der Waals surface area contributed by atoms with Crippen LogP contribution in [0, 0.1) is 11.8 Å². The Morgan fingerprint density at radius 2 is 1.70 bits per heavy atom. The third-order valence-corrected chi connectivity index (χ3v) is 4.60. The van der Waals surface area contributed by atoms with Gasteiger partial charge in [-0.25, -0.2) is 0 Å². The van der Waals surface area contributed by atoms with E-state index in [4.69, 9.17) is 0 Å². The van der Waals surface area contributed by atoms with Crippen LogP contribution in [0.3, 0.4) is 0 Å². The maximum Gasteiger partial charge on any atom is 0.240 e. The number of rotatable bonds is 4. The molecule has 20 heavy (non-hydrogen) atoms. The van der Waals surface area contributed by atoms with E-state index in [2.05, 4.69) is 5.32 Å². The Kier molecular flexibility index (Phi) is 4.16. The molecule has 0 aromatic heterocycles. The van der Waals surface area contributed by atoms with Crippen LogP contribution in [0.5, 0.6) is 0 Å². The third-order valence-electron chi connectivity index (χ3n) is 4.60. The summed E-state index contributed by atoms with van der Waals surface area (Å²) in [4.78, 5) is 37.7. The van der Waals surface area contributed by atoms with Gasteiger partial charge in [0, 0.05) is 5.54 Å². The van der Waals surface area contributed by atoms with Crippen molar-refractivity contribution in [3.8, 4) is 0 Å². The molecular formula is C15H24N2O3. The lowest BCUT2D eigenvalue weighted by molar-refractivity contribution is -0.144. The molecule has 0 radical (unpaired) electrons. The van der Waals surface area contributed by atoms with Gasteiger partial charge in [0.2, 0.25) is 17.7 Å². The van der Waals surface area contributed by atoms with Crippen molar-refractivity contribution in [3.05, 3.63) is 0 Å². The standard InChI is InChI=1S/C15H24N2O3/c1-4-15(2,3)16-12(18)9-17-13(19)10-7-5-6-8-11(10)14(17)20/h10-11H,4-9H2,1-3H3,(H,16,18)/t10-,11+. The van der Waals surface area contributed by atoms with Gasteiger partial charge in [-0.3, -0.25) is 19.3 Å². The minimum absolute atomic E-state index is 0.131. The van der Waals surface area contributed by atoms with Gasteiger partial charge in [0.15, 0.2) is 0 Å². The molecule has 1 N–H and O–H groups in total. The molecule has 0 bridgehead atoms.